The molecule has 2 aromatic rings. The molecule has 7 heteroatoms. The molecule has 1 amide bonds. The fourth-order valence-corrected chi connectivity index (χ4v) is 4.41. The Bertz CT molecular complexity index is 928. The number of nitrogens with zero attached hydrogens (tertiary/aromatic N) is 1. The highest BCUT2D eigenvalue weighted by atomic mass is 19.1. The Morgan fingerprint density at radius 3 is 2.71 bits per heavy atom. The van der Waals surface area contributed by atoms with Crippen LogP contribution >= 0.6 is 0 Å². The van der Waals surface area contributed by atoms with Crippen LogP contribution in [0, 0.1) is 11.7 Å². The average molecular weight is 429 g/mol. The number of methoxy groups -OCH3 is 2. The smallest absolute Gasteiger partial charge is 0.257 e. The third-order valence-corrected chi connectivity index (χ3v) is 6.05. The minimum Gasteiger partial charge on any atom is -0.493 e. The molecular weight excluding hydrogens is 401 g/mol. The first-order chi connectivity index (χ1) is 15.0. The summed E-state index contributed by atoms with van der Waals surface area (Å²) in [5.41, 5.74) is 0.799. The van der Waals surface area contributed by atoms with Gasteiger partial charge in [-0.1, -0.05) is 24.3 Å². The summed E-state index contributed by atoms with van der Waals surface area (Å²) in [6.45, 7) is 2.63. The molecule has 2 fully saturated rings. The van der Waals surface area contributed by atoms with Crippen molar-refractivity contribution in [3.05, 3.63) is 59.4 Å². The maximum atomic E-state index is 13.6. The summed E-state index contributed by atoms with van der Waals surface area (Å²) in [4.78, 5) is 14.7. The molecule has 2 aliphatic rings. The predicted octanol–water partition coefficient (Wildman–Crippen LogP) is 3.68. The van der Waals surface area contributed by atoms with Gasteiger partial charge in [0.05, 0.1) is 46.1 Å². The second kappa shape index (κ2) is 9.24. The van der Waals surface area contributed by atoms with Crippen molar-refractivity contribution in [1.29, 1.82) is 0 Å². The Balaban J connectivity index is 1.25. The lowest BCUT2D eigenvalue weighted by Crippen LogP contribution is -2.63. The van der Waals surface area contributed by atoms with Gasteiger partial charge >= 0.3 is 0 Å². The number of amides is 1. The fourth-order valence-electron chi connectivity index (χ4n) is 4.41. The van der Waals surface area contributed by atoms with Crippen LogP contribution in [-0.4, -0.2) is 56.9 Å². The van der Waals surface area contributed by atoms with E-state index in [2.05, 4.69) is 0 Å². The molecule has 0 radical (unpaired) electrons. The lowest BCUT2D eigenvalue weighted by Gasteiger charge is -2.47. The highest BCUT2D eigenvalue weighted by Crippen LogP contribution is 2.41. The molecule has 2 aromatic carbocycles. The van der Waals surface area contributed by atoms with Gasteiger partial charge in [-0.3, -0.25) is 4.79 Å². The van der Waals surface area contributed by atoms with Crippen molar-refractivity contribution in [2.45, 2.75) is 25.0 Å². The third-order valence-electron chi connectivity index (χ3n) is 6.05. The maximum Gasteiger partial charge on any atom is 0.257 e. The van der Waals surface area contributed by atoms with Gasteiger partial charge in [0.2, 0.25) is 0 Å². The first-order valence-electron chi connectivity index (χ1n) is 10.5. The van der Waals surface area contributed by atoms with Gasteiger partial charge in [-0.2, -0.15) is 0 Å². The largest absolute Gasteiger partial charge is 0.493 e. The summed E-state index contributed by atoms with van der Waals surface area (Å²) in [5, 5.41) is 0. The van der Waals surface area contributed by atoms with Crippen molar-refractivity contribution in [3.63, 3.8) is 0 Å². The highest BCUT2D eigenvalue weighted by Gasteiger charge is 2.51. The van der Waals surface area contributed by atoms with E-state index < -0.39 is 0 Å². The van der Waals surface area contributed by atoms with Crippen LogP contribution in [-0.2, 0) is 16.1 Å². The first-order valence-corrected chi connectivity index (χ1v) is 10.5. The predicted molar refractivity (Wildman–Crippen MR) is 113 cm³/mol. The van der Waals surface area contributed by atoms with Gasteiger partial charge in [-0.05, 0) is 37.0 Å². The van der Waals surface area contributed by atoms with E-state index >= 15 is 0 Å². The molecule has 6 nitrogen and oxygen atoms in total. The van der Waals surface area contributed by atoms with Gasteiger partial charge in [0.15, 0.2) is 11.5 Å². The molecule has 0 aliphatic carbocycles. The molecule has 4 rings (SSSR count). The Morgan fingerprint density at radius 1 is 1.16 bits per heavy atom. The lowest BCUT2D eigenvalue weighted by molar-refractivity contribution is -0.0951. The number of hydrogen-bond donors (Lipinski definition) is 0. The Labute approximate surface area is 181 Å². The molecule has 1 atom stereocenters. The number of para-hydroxylation sites is 1. The van der Waals surface area contributed by atoms with E-state index in [-0.39, 0.29) is 23.9 Å². The summed E-state index contributed by atoms with van der Waals surface area (Å²) in [5.74, 6) is 1.05. The molecule has 2 saturated heterocycles. The van der Waals surface area contributed by atoms with Crippen LogP contribution < -0.4 is 9.47 Å². The topological polar surface area (TPSA) is 57.2 Å². The zero-order valence-electron chi connectivity index (χ0n) is 17.9. The quantitative estimate of drug-likeness (QED) is 0.599. The van der Waals surface area contributed by atoms with Crippen molar-refractivity contribution < 1.29 is 28.1 Å². The number of ether oxygens (including phenoxy) is 4. The van der Waals surface area contributed by atoms with Gasteiger partial charge in [0.25, 0.3) is 5.91 Å². The molecule has 2 heterocycles. The number of carbonyl (C=O) groups excluding carboxylic acids is 1. The maximum absolute atomic E-state index is 13.6. The van der Waals surface area contributed by atoms with Crippen LogP contribution in [0.1, 0.15) is 28.8 Å². The van der Waals surface area contributed by atoms with Crippen molar-refractivity contribution in [2.24, 2.45) is 5.92 Å². The van der Waals surface area contributed by atoms with E-state index in [1.165, 1.54) is 13.2 Å². The molecule has 1 spiro atoms. The first kappa shape index (κ1) is 21.6. The molecule has 0 bridgehead atoms. The van der Waals surface area contributed by atoms with Crippen LogP contribution in [0.4, 0.5) is 4.39 Å². The van der Waals surface area contributed by atoms with Crippen LogP contribution in [0.25, 0.3) is 0 Å². The van der Waals surface area contributed by atoms with E-state index in [1.807, 2.05) is 0 Å². The van der Waals surface area contributed by atoms with Crippen molar-refractivity contribution in [2.75, 3.05) is 40.5 Å². The zero-order valence-corrected chi connectivity index (χ0v) is 17.9. The van der Waals surface area contributed by atoms with Crippen LogP contribution in [0.5, 0.6) is 11.5 Å². The molecule has 31 heavy (non-hydrogen) atoms. The molecule has 2 aliphatic heterocycles. The molecule has 1 unspecified atom stereocenters. The molecular formula is C24H28FNO5. The number of carbonyl (C=O) groups is 1. The SMILES string of the molecule is COc1cccc(C(=O)N2CC3(CC(CCOCc4ccccc4F)CO3)C2)c1OC. The summed E-state index contributed by atoms with van der Waals surface area (Å²) < 4.78 is 36.1. The Kier molecular flexibility index (Phi) is 6.43. The average Bonchev–Trinajstić information content (AvgIpc) is 3.20. The lowest BCUT2D eigenvalue weighted by atomic mass is 9.85. The normalized spacial score (nSPS) is 19.3. The number of benzene rings is 2. The van der Waals surface area contributed by atoms with Gasteiger partial charge in [-0.15, -0.1) is 0 Å². The zero-order chi connectivity index (χ0) is 21.8. The minimum absolute atomic E-state index is 0.0818. The number of hydrogen-bond acceptors (Lipinski definition) is 5. The Hall–Kier alpha value is -2.64. The van der Waals surface area contributed by atoms with Crippen molar-refractivity contribution in [1.82, 2.24) is 4.90 Å². The van der Waals surface area contributed by atoms with E-state index in [9.17, 15) is 9.18 Å². The molecule has 0 saturated carbocycles. The second-order valence-corrected chi connectivity index (χ2v) is 8.20. The standard InChI is InChI=1S/C24H28FNO5/c1-28-21-9-5-7-19(22(21)29-2)23(27)26-15-24(16-26)12-17(13-31-24)10-11-30-14-18-6-3-4-8-20(18)25/h3-9,17H,10-16H2,1-2H3. The summed E-state index contributed by atoms with van der Waals surface area (Å²) in [7, 11) is 3.09. The van der Waals surface area contributed by atoms with E-state index in [1.54, 1.807) is 48.4 Å². The Morgan fingerprint density at radius 2 is 1.97 bits per heavy atom. The summed E-state index contributed by atoms with van der Waals surface area (Å²) >= 11 is 0. The third kappa shape index (κ3) is 4.52. The van der Waals surface area contributed by atoms with Gasteiger partial charge < -0.3 is 23.8 Å². The number of rotatable bonds is 8. The van der Waals surface area contributed by atoms with E-state index in [4.69, 9.17) is 18.9 Å². The van der Waals surface area contributed by atoms with Gasteiger partial charge in [0.1, 0.15) is 11.4 Å². The van der Waals surface area contributed by atoms with Gasteiger partial charge in [-0.25, -0.2) is 4.39 Å². The number of halogens is 1. The molecule has 166 valence electrons. The summed E-state index contributed by atoms with van der Waals surface area (Å²) in [6, 6.07) is 12.0. The molecule has 0 N–H and O–H groups in total. The van der Waals surface area contributed by atoms with Gasteiger partial charge in [0, 0.05) is 12.2 Å². The number of likely N-dealkylation sites (tertiary alicyclic amines) is 1. The second-order valence-electron chi connectivity index (χ2n) is 8.20. The van der Waals surface area contributed by atoms with E-state index in [0.717, 1.165) is 12.8 Å². The van der Waals surface area contributed by atoms with Crippen LogP contribution in [0.15, 0.2) is 42.5 Å². The van der Waals surface area contributed by atoms with Crippen molar-refractivity contribution >= 4 is 5.91 Å². The van der Waals surface area contributed by atoms with Crippen LogP contribution in [0.3, 0.4) is 0 Å². The minimum atomic E-state index is -0.266. The van der Waals surface area contributed by atoms with Crippen molar-refractivity contribution in [3.8, 4) is 11.5 Å². The molecule has 0 aromatic heterocycles. The monoisotopic (exact) mass is 429 g/mol. The van der Waals surface area contributed by atoms with Crippen LogP contribution in [0.2, 0.25) is 0 Å². The fraction of sp³-hybridized carbons (Fsp3) is 0.458. The van der Waals surface area contributed by atoms with E-state index in [0.29, 0.717) is 54.8 Å². The highest BCUT2D eigenvalue weighted by molar-refractivity contribution is 5.98. The summed E-state index contributed by atoms with van der Waals surface area (Å²) in [6.07, 6.45) is 1.75.